The van der Waals surface area contributed by atoms with Gasteiger partial charge in [-0.3, -0.25) is 9.69 Å². The van der Waals surface area contributed by atoms with E-state index in [4.69, 9.17) is 4.74 Å². The van der Waals surface area contributed by atoms with Crippen LogP contribution in [0.25, 0.3) is 0 Å². The summed E-state index contributed by atoms with van der Waals surface area (Å²) in [6, 6.07) is 0.801. The second kappa shape index (κ2) is 8.39. The van der Waals surface area contributed by atoms with Crippen LogP contribution in [0, 0.1) is 0 Å². The van der Waals surface area contributed by atoms with Gasteiger partial charge < -0.3 is 15.0 Å². The molecule has 2 heterocycles. The van der Waals surface area contributed by atoms with Crippen molar-refractivity contribution in [2.45, 2.75) is 31.4 Å². The molecule has 0 aromatic heterocycles. The predicted molar refractivity (Wildman–Crippen MR) is 82.9 cm³/mol. The van der Waals surface area contributed by atoms with E-state index in [1.54, 1.807) is 0 Å². The fraction of sp³-hybridized carbons (Fsp3) is 0.923. The van der Waals surface area contributed by atoms with Gasteiger partial charge in [0, 0.05) is 45.3 Å². The van der Waals surface area contributed by atoms with Crippen molar-refractivity contribution in [3.63, 3.8) is 0 Å². The molecule has 2 aliphatic heterocycles. The lowest BCUT2D eigenvalue weighted by atomic mass is 9.91. The van der Waals surface area contributed by atoms with Gasteiger partial charge in [-0.15, -0.1) is 24.8 Å². The summed E-state index contributed by atoms with van der Waals surface area (Å²) < 4.78 is 5.53. The molecule has 7 heteroatoms. The molecular weight excluding hydrogens is 301 g/mol. The van der Waals surface area contributed by atoms with Gasteiger partial charge in [-0.05, 0) is 12.8 Å². The van der Waals surface area contributed by atoms with E-state index in [9.17, 15) is 4.79 Å². The number of hydrogen-bond donors (Lipinski definition) is 1. The number of carbonyl (C=O) groups excluding carboxylic acids is 1. The summed E-state index contributed by atoms with van der Waals surface area (Å²) in [6.07, 6.45) is 3.83. The highest BCUT2D eigenvalue weighted by atomic mass is 35.5. The zero-order valence-corrected chi connectivity index (χ0v) is 13.4. The average molecular weight is 326 g/mol. The van der Waals surface area contributed by atoms with Crippen molar-refractivity contribution in [1.82, 2.24) is 15.1 Å². The third-order valence-corrected chi connectivity index (χ3v) is 4.42. The van der Waals surface area contributed by atoms with Crippen LogP contribution in [0.1, 0.15) is 19.3 Å². The number of rotatable bonds is 2. The van der Waals surface area contributed by atoms with E-state index < -0.39 is 0 Å². The molecule has 1 N–H and O–H groups in total. The van der Waals surface area contributed by atoms with Crippen LogP contribution in [0.2, 0.25) is 0 Å². The van der Waals surface area contributed by atoms with Crippen LogP contribution in [0.15, 0.2) is 0 Å². The van der Waals surface area contributed by atoms with E-state index in [0.29, 0.717) is 13.2 Å². The smallest absolute Gasteiger partial charge is 0.253 e. The van der Waals surface area contributed by atoms with Crippen LogP contribution in [0.5, 0.6) is 0 Å². The normalized spacial score (nSPS) is 28.0. The standard InChI is InChI=1S/C13H23N3O2.2ClH/c17-13(12-10-14-4-9-18-12)16-7-5-15(6-8-16)11-2-1-3-11;;/h11-12,14H,1-10H2;2*1H. The lowest BCUT2D eigenvalue weighted by Gasteiger charge is -2.43. The van der Waals surface area contributed by atoms with Crippen molar-refractivity contribution < 1.29 is 9.53 Å². The monoisotopic (exact) mass is 325 g/mol. The Hall–Kier alpha value is -0.0700. The van der Waals surface area contributed by atoms with E-state index in [-0.39, 0.29) is 36.8 Å². The Morgan fingerprint density at radius 1 is 1.10 bits per heavy atom. The molecule has 1 amide bonds. The number of ether oxygens (including phenoxy) is 1. The first kappa shape index (κ1) is 18.0. The maximum Gasteiger partial charge on any atom is 0.253 e. The molecule has 3 aliphatic rings. The molecule has 3 fully saturated rings. The number of carbonyl (C=O) groups is 1. The summed E-state index contributed by atoms with van der Waals surface area (Å²) in [7, 11) is 0. The van der Waals surface area contributed by atoms with Crippen molar-refractivity contribution in [2.24, 2.45) is 0 Å². The van der Waals surface area contributed by atoms with E-state index in [1.807, 2.05) is 4.90 Å². The number of amides is 1. The second-order valence-electron chi connectivity index (χ2n) is 5.51. The zero-order chi connectivity index (χ0) is 12.4. The molecule has 118 valence electrons. The number of halogens is 2. The van der Waals surface area contributed by atoms with Gasteiger partial charge in [0.15, 0.2) is 0 Å². The van der Waals surface area contributed by atoms with E-state index >= 15 is 0 Å². The molecule has 1 saturated carbocycles. The minimum Gasteiger partial charge on any atom is -0.366 e. The molecule has 0 aromatic carbocycles. The van der Waals surface area contributed by atoms with Crippen molar-refractivity contribution in [1.29, 1.82) is 0 Å². The zero-order valence-electron chi connectivity index (χ0n) is 11.8. The highest BCUT2D eigenvalue weighted by Gasteiger charge is 2.32. The van der Waals surface area contributed by atoms with Crippen LogP contribution in [0.4, 0.5) is 0 Å². The Balaban J connectivity index is 0.000001000. The number of nitrogens with one attached hydrogen (secondary N) is 1. The van der Waals surface area contributed by atoms with Crippen LogP contribution in [-0.4, -0.2) is 73.7 Å². The fourth-order valence-corrected chi connectivity index (χ4v) is 2.99. The van der Waals surface area contributed by atoms with Gasteiger partial charge in [0.25, 0.3) is 5.91 Å². The fourth-order valence-electron chi connectivity index (χ4n) is 2.99. The van der Waals surface area contributed by atoms with Gasteiger partial charge >= 0.3 is 0 Å². The maximum absolute atomic E-state index is 12.3. The quantitative estimate of drug-likeness (QED) is 0.803. The minimum atomic E-state index is -0.256. The predicted octanol–water partition coefficient (Wildman–Crippen LogP) is 0.515. The van der Waals surface area contributed by atoms with Crippen molar-refractivity contribution in [2.75, 3.05) is 45.9 Å². The average Bonchev–Trinajstić information content (AvgIpc) is 2.38. The Labute approximate surface area is 133 Å². The molecule has 5 nitrogen and oxygen atoms in total. The topological polar surface area (TPSA) is 44.8 Å². The second-order valence-corrected chi connectivity index (χ2v) is 5.51. The summed E-state index contributed by atoms with van der Waals surface area (Å²) in [4.78, 5) is 16.8. The van der Waals surface area contributed by atoms with Crippen molar-refractivity contribution >= 4 is 30.7 Å². The molecule has 0 aromatic rings. The minimum absolute atomic E-state index is 0. The van der Waals surface area contributed by atoms with Gasteiger partial charge in [-0.2, -0.15) is 0 Å². The molecule has 0 spiro atoms. The molecule has 0 radical (unpaired) electrons. The van der Waals surface area contributed by atoms with Gasteiger partial charge in [-0.25, -0.2) is 0 Å². The Morgan fingerprint density at radius 2 is 1.80 bits per heavy atom. The SMILES string of the molecule is Cl.Cl.O=C(C1CNCCO1)N1CCN(C2CCC2)CC1. The number of hydrogen-bond acceptors (Lipinski definition) is 4. The highest BCUT2D eigenvalue weighted by Crippen LogP contribution is 2.25. The molecule has 1 atom stereocenters. The number of morpholine rings is 1. The van der Waals surface area contributed by atoms with Crippen molar-refractivity contribution in [3.8, 4) is 0 Å². The third-order valence-electron chi connectivity index (χ3n) is 4.42. The first-order chi connectivity index (χ1) is 8.84. The van der Waals surface area contributed by atoms with Gasteiger partial charge in [0.05, 0.1) is 6.61 Å². The summed E-state index contributed by atoms with van der Waals surface area (Å²) in [5, 5.41) is 3.22. The van der Waals surface area contributed by atoms with Crippen LogP contribution in [0.3, 0.4) is 0 Å². The molecule has 1 unspecified atom stereocenters. The van der Waals surface area contributed by atoms with E-state index in [2.05, 4.69) is 10.2 Å². The Bertz CT molecular complexity index is 302. The largest absolute Gasteiger partial charge is 0.366 e. The number of piperazine rings is 1. The lowest BCUT2D eigenvalue weighted by Crippen LogP contribution is -2.57. The molecule has 3 rings (SSSR count). The molecule has 2 saturated heterocycles. The highest BCUT2D eigenvalue weighted by molar-refractivity contribution is 5.85. The number of nitrogens with zero attached hydrogens (tertiary/aromatic N) is 2. The summed E-state index contributed by atoms with van der Waals surface area (Å²) in [5.74, 6) is 0.176. The summed E-state index contributed by atoms with van der Waals surface area (Å²) >= 11 is 0. The van der Waals surface area contributed by atoms with Gasteiger partial charge in [0.1, 0.15) is 6.10 Å². The van der Waals surface area contributed by atoms with E-state index in [1.165, 1.54) is 19.3 Å². The molecule has 0 bridgehead atoms. The van der Waals surface area contributed by atoms with Gasteiger partial charge in [-0.1, -0.05) is 6.42 Å². The first-order valence-electron chi connectivity index (χ1n) is 7.20. The van der Waals surface area contributed by atoms with E-state index in [0.717, 1.165) is 38.8 Å². The van der Waals surface area contributed by atoms with Crippen molar-refractivity contribution in [3.05, 3.63) is 0 Å². The third kappa shape index (κ3) is 3.98. The van der Waals surface area contributed by atoms with Crippen LogP contribution >= 0.6 is 24.8 Å². The van der Waals surface area contributed by atoms with Gasteiger partial charge in [0.2, 0.25) is 0 Å². The summed E-state index contributed by atoms with van der Waals surface area (Å²) in [5.41, 5.74) is 0. The van der Waals surface area contributed by atoms with Crippen LogP contribution < -0.4 is 5.32 Å². The first-order valence-corrected chi connectivity index (χ1v) is 7.20. The summed E-state index contributed by atoms with van der Waals surface area (Å²) in [6.45, 7) is 6.00. The lowest BCUT2D eigenvalue weighted by molar-refractivity contribution is -0.147. The Morgan fingerprint density at radius 3 is 2.30 bits per heavy atom. The molecular formula is C13H25Cl2N3O2. The molecule has 1 aliphatic carbocycles. The molecule has 20 heavy (non-hydrogen) atoms. The maximum atomic E-state index is 12.3. The Kier molecular flexibility index (Phi) is 7.54. The van der Waals surface area contributed by atoms with Crippen LogP contribution in [-0.2, 0) is 9.53 Å².